The van der Waals surface area contributed by atoms with E-state index in [1.54, 1.807) is 18.2 Å². The van der Waals surface area contributed by atoms with Gasteiger partial charge >= 0.3 is 0 Å². The second-order valence-corrected chi connectivity index (χ2v) is 4.00. The molecule has 0 aliphatic heterocycles. The zero-order valence-corrected chi connectivity index (χ0v) is 9.48. The number of allylic oxidation sites excluding steroid dienone is 2. The van der Waals surface area contributed by atoms with Crippen molar-refractivity contribution in [3.63, 3.8) is 0 Å². The van der Waals surface area contributed by atoms with Crippen molar-refractivity contribution in [3.8, 4) is 11.8 Å². The van der Waals surface area contributed by atoms with Crippen molar-refractivity contribution in [2.75, 3.05) is 0 Å². The summed E-state index contributed by atoms with van der Waals surface area (Å²) in [6.45, 7) is 0. The fraction of sp³-hybridized carbons (Fsp3) is 0.286. The minimum atomic E-state index is -0.390. The fourth-order valence-electron chi connectivity index (χ4n) is 1.84. The van der Waals surface area contributed by atoms with E-state index in [0.29, 0.717) is 5.56 Å². The number of nitrogens with zero attached hydrogens (tertiary/aromatic N) is 1. The summed E-state index contributed by atoms with van der Waals surface area (Å²) in [6, 6.07) is 6.60. The molecule has 17 heavy (non-hydrogen) atoms. The quantitative estimate of drug-likeness (QED) is 0.419. The Hall–Kier alpha value is -2.08. The Bertz CT molecular complexity index is 521. The molecule has 0 saturated carbocycles. The predicted octanol–water partition coefficient (Wildman–Crippen LogP) is 3.45. The van der Waals surface area contributed by atoms with E-state index in [4.69, 9.17) is 0 Å². The van der Waals surface area contributed by atoms with Gasteiger partial charge < -0.3 is 0 Å². The molecule has 1 aliphatic carbocycles. The van der Waals surface area contributed by atoms with Gasteiger partial charge in [-0.3, -0.25) is 10.1 Å². The minimum absolute atomic E-state index is 0.0800. The number of para-hydroxylation sites is 1. The molecule has 0 aromatic heterocycles. The van der Waals surface area contributed by atoms with E-state index in [1.807, 2.05) is 0 Å². The fourth-order valence-corrected chi connectivity index (χ4v) is 1.84. The average Bonchev–Trinajstić information content (AvgIpc) is 2.38. The van der Waals surface area contributed by atoms with E-state index in [2.05, 4.69) is 17.9 Å². The number of nitro groups is 1. The van der Waals surface area contributed by atoms with Gasteiger partial charge in [0, 0.05) is 6.07 Å². The summed E-state index contributed by atoms with van der Waals surface area (Å²) in [7, 11) is 0. The number of hydrogen-bond acceptors (Lipinski definition) is 2. The maximum atomic E-state index is 10.8. The molecule has 0 atom stereocenters. The van der Waals surface area contributed by atoms with Crippen LogP contribution in [0.5, 0.6) is 0 Å². The first-order chi connectivity index (χ1) is 8.27. The number of rotatable bonds is 1. The monoisotopic (exact) mass is 227 g/mol. The van der Waals surface area contributed by atoms with Gasteiger partial charge in [0.05, 0.1) is 4.92 Å². The normalized spacial score (nSPS) is 14.5. The van der Waals surface area contributed by atoms with Gasteiger partial charge in [-0.05, 0) is 37.3 Å². The Morgan fingerprint density at radius 3 is 2.71 bits per heavy atom. The Labute approximate surface area is 100 Å². The predicted molar refractivity (Wildman–Crippen MR) is 66.5 cm³/mol. The van der Waals surface area contributed by atoms with Crippen molar-refractivity contribution >= 4 is 5.69 Å². The summed E-state index contributed by atoms with van der Waals surface area (Å²) in [5, 5.41) is 10.8. The highest BCUT2D eigenvalue weighted by molar-refractivity contribution is 5.52. The number of hydrogen-bond donors (Lipinski definition) is 0. The van der Waals surface area contributed by atoms with Gasteiger partial charge in [-0.25, -0.2) is 0 Å². The molecule has 0 amide bonds. The third-order valence-corrected chi connectivity index (χ3v) is 2.75. The van der Waals surface area contributed by atoms with Crippen LogP contribution in [0, 0.1) is 22.0 Å². The molecule has 0 spiro atoms. The smallest absolute Gasteiger partial charge is 0.258 e. The van der Waals surface area contributed by atoms with Crippen LogP contribution in [-0.2, 0) is 0 Å². The zero-order valence-electron chi connectivity index (χ0n) is 9.48. The molecular weight excluding hydrogens is 214 g/mol. The summed E-state index contributed by atoms with van der Waals surface area (Å²) in [6.07, 6.45) is 6.58. The van der Waals surface area contributed by atoms with Crippen LogP contribution in [0.3, 0.4) is 0 Å². The molecular formula is C14H13NO2. The van der Waals surface area contributed by atoms with E-state index >= 15 is 0 Å². The highest BCUT2D eigenvalue weighted by Crippen LogP contribution is 2.18. The standard InChI is InChI=1S/C14H13NO2/c16-15(17)14-9-5-4-8-13(14)11-10-12-6-2-1-3-7-12/h4-6,8-9H,1-3,7H2. The number of benzene rings is 1. The first-order valence-corrected chi connectivity index (χ1v) is 5.72. The third kappa shape index (κ3) is 2.94. The van der Waals surface area contributed by atoms with Crippen molar-refractivity contribution in [3.05, 3.63) is 51.6 Å². The van der Waals surface area contributed by atoms with E-state index in [1.165, 1.54) is 12.5 Å². The second-order valence-electron chi connectivity index (χ2n) is 4.00. The molecule has 86 valence electrons. The molecule has 0 unspecified atom stereocenters. The largest absolute Gasteiger partial charge is 0.284 e. The van der Waals surface area contributed by atoms with Gasteiger partial charge in [-0.1, -0.05) is 30.0 Å². The molecule has 0 N–H and O–H groups in total. The maximum Gasteiger partial charge on any atom is 0.284 e. The van der Waals surface area contributed by atoms with Gasteiger partial charge in [0.15, 0.2) is 0 Å². The van der Waals surface area contributed by atoms with Crippen molar-refractivity contribution < 1.29 is 4.92 Å². The van der Waals surface area contributed by atoms with Crippen LogP contribution in [0.2, 0.25) is 0 Å². The average molecular weight is 227 g/mol. The van der Waals surface area contributed by atoms with Gasteiger partial charge in [0.2, 0.25) is 0 Å². The molecule has 3 heteroatoms. The summed E-state index contributed by atoms with van der Waals surface area (Å²) >= 11 is 0. The van der Waals surface area contributed by atoms with Gasteiger partial charge in [0.1, 0.15) is 5.56 Å². The third-order valence-electron chi connectivity index (χ3n) is 2.75. The van der Waals surface area contributed by atoms with Gasteiger partial charge in [0.25, 0.3) is 5.69 Å². The van der Waals surface area contributed by atoms with Crippen LogP contribution in [0.15, 0.2) is 35.9 Å². The van der Waals surface area contributed by atoms with Crippen molar-refractivity contribution in [1.82, 2.24) is 0 Å². The first-order valence-electron chi connectivity index (χ1n) is 5.72. The molecule has 0 bridgehead atoms. The lowest BCUT2D eigenvalue weighted by Crippen LogP contribution is -1.92. The number of nitro benzene ring substituents is 1. The van der Waals surface area contributed by atoms with Crippen molar-refractivity contribution in [1.29, 1.82) is 0 Å². The van der Waals surface area contributed by atoms with E-state index < -0.39 is 0 Å². The van der Waals surface area contributed by atoms with Crippen molar-refractivity contribution in [2.45, 2.75) is 25.7 Å². The second kappa shape index (κ2) is 5.31. The lowest BCUT2D eigenvalue weighted by molar-refractivity contribution is -0.385. The van der Waals surface area contributed by atoms with Crippen LogP contribution < -0.4 is 0 Å². The van der Waals surface area contributed by atoms with Crippen LogP contribution in [0.4, 0.5) is 5.69 Å². The van der Waals surface area contributed by atoms with E-state index in [0.717, 1.165) is 24.8 Å². The Kier molecular flexibility index (Phi) is 3.56. The molecule has 2 rings (SSSR count). The molecule has 0 heterocycles. The van der Waals surface area contributed by atoms with Crippen LogP contribution in [0.25, 0.3) is 0 Å². The lowest BCUT2D eigenvalue weighted by Gasteiger charge is -2.05. The molecule has 0 saturated heterocycles. The lowest BCUT2D eigenvalue weighted by atomic mass is 10.00. The zero-order chi connectivity index (χ0) is 12.1. The molecule has 0 fully saturated rings. The summed E-state index contributed by atoms with van der Waals surface area (Å²) < 4.78 is 0. The van der Waals surface area contributed by atoms with E-state index in [-0.39, 0.29) is 10.6 Å². The highest BCUT2D eigenvalue weighted by Gasteiger charge is 2.09. The van der Waals surface area contributed by atoms with Crippen molar-refractivity contribution in [2.24, 2.45) is 0 Å². The molecule has 1 aromatic carbocycles. The summed E-state index contributed by atoms with van der Waals surface area (Å²) in [5.41, 5.74) is 1.68. The molecule has 0 radical (unpaired) electrons. The maximum absolute atomic E-state index is 10.8. The summed E-state index contributed by atoms with van der Waals surface area (Å²) in [4.78, 5) is 10.4. The van der Waals surface area contributed by atoms with Crippen LogP contribution >= 0.6 is 0 Å². The van der Waals surface area contributed by atoms with Crippen LogP contribution in [0.1, 0.15) is 31.2 Å². The SMILES string of the molecule is O=[N+]([O-])c1ccccc1C#CC1=CCCCC1. The Morgan fingerprint density at radius 2 is 2.00 bits per heavy atom. The van der Waals surface area contributed by atoms with Gasteiger partial charge in [-0.2, -0.15) is 0 Å². The Balaban J connectivity index is 2.27. The molecule has 1 aliphatic rings. The molecule has 3 nitrogen and oxygen atoms in total. The van der Waals surface area contributed by atoms with E-state index in [9.17, 15) is 10.1 Å². The Morgan fingerprint density at radius 1 is 1.18 bits per heavy atom. The highest BCUT2D eigenvalue weighted by atomic mass is 16.6. The van der Waals surface area contributed by atoms with Gasteiger partial charge in [-0.15, -0.1) is 0 Å². The summed E-state index contributed by atoms with van der Waals surface area (Å²) in [5.74, 6) is 5.94. The first kappa shape index (κ1) is 11.4. The minimum Gasteiger partial charge on any atom is -0.258 e. The molecule has 1 aromatic rings. The van der Waals surface area contributed by atoms with Crippen LogP contribution in [-0.4, -0.2) is 4.92 Å². The topological polar surface area (TPSA) is 43.1 Å².